The van der Waals surface area contributed by atoms with Crippen molar-refractivity contribution in [2.45, 2.75) is 0 Å². The normalized spacial score (nSPS) is 9.27. The van der Waals surface area contributed by atoms with Gasteiger partial charge in [-0.2, -0.15) is 0 Å². The molecule has 2 N–H and O–H groups in total. The molecule has 0 aromatic carbocycles. The Kier molecular flexibility index (Phi) is 2.15. The van der Waals surface area contributed by atoms with Crippen LogP contribution in [0.3, 0.4) is 0 Å². The summed E-state index contributed by atoms with van der Waals surface area (Å²) >= 11 is 0. The summed E-state index contributed by atoms with van der Waals surface area (Å²) in [4.78, 5) is 13.3. The van der Waals surface area contributed by atoms with Crippen molar-refractivity contribution in [1.82, 2.24) is 4.98 Å². The number of hydrogen-bond donors (Lipinski definition) is 2. The zero-order valence-corrected chi connectivity index (χ0v) is 6.47. The lowest BCUT2D eigenvalue weighted by atomic mass is 10.4. The first-order valence-electron chi connectivity index (χ1n) is 3.22. The fourth-order valence-electron chi connectivity index (χ4n) is 0.817. The van der Waals surface area contributed by atoms with E-state index in [2.05, 4.69) is 10.3 Å². The smallest absolute Gasteiger partial charge is 0.251 e. The van der Waals surface area contributed by atoms with Gasteiger partial charge < -0.3 is 15.0 Å². The molecule has 0 radical (unpaired) electrons. The molecule has 0 aliphatic carbocycles. The summed E-state index contributed by atoms with van der Waals surface area (Å²) in [5.41, 5.74) is 0.605. The van der Waals surface area contributed by atoms with Gasteiger partial charge in [-0.05, 0) is 0 Å². The Hall–Kier alpha value is -1.45. The Balaban J connectivity index is 3.16. The Morgan fingerprint density at radius 1 is 1.64 bits per heavy atom. The maximum Gasteiger partial charge on any atom is 0.251 e. The van der Waals surface area contributed by atoms with E-state index >= 15 is 0 Å². The largest absolute Gasteiger partial charge is 0.494 e. The van der Waals surface area contributed by atoms with Crippen molar-refractivity contribution < 1.29 is 4.74 Å². The van der Waals surface area contributed by atoms with Crippen LogP contribution in [0.2, 0.25) is 0 Å². The third kappa shape index (κ3) is 1.52. The van der Waals surface area contributed by atoms with E-state index in [4.69, 9.17) is 4.74 Å². The first-order valence-corrected chi connectivity index (χ1v) is 3.22. The number of pyridine rings is 1. The van der Waals surface area contributed by atoms with Gasteiger partial charge in [-0.15, -0.1) is 0 Å². The summed E-state index contributed by atoms with van der Waals surface area (Å²) in [6.45, 7) is 0. The number of nitrogens with one attached hydrogen (secondary N) is 2. The average Bonchev–Trinajstić information content (AvgIpc) is 2.04. The fraction of sp³-hybridized carbons (Fsp3) is 0.286. The van der Waals surface area contributed by atoms with Crippen LogP contribution in [-0.4, -0.2) is 19.1 Å². The van der Waals surface area contributed by atoms with Crippen LogP contribution < -0.4 is 15.6 Å². The highest BCUT2D eigenvalue weighted by molar-refractivity contribution is 5.53. The molecule has 0 unspecified atom stereocenters. The SMILES string of the molecule is CNc1c[nH]c(=O)cc1OC. The molecule has 1 aromatic rings. The number of ether oxygens (including phenoxy) is 1. The van der Waals surface area contributed by atoms with Gasteiger partial charge in [0.2, 0.25) is 0 Å². The van der Waals surface area contributed by atoms with Crippen molar-refractivity contribution in [2.75, 3.05) is 19.5 Å². The summed E-state index contributed by atoms with van der Waals surface area (Å²) in [6, 6.07) is 1.39. The van der Waals surface area contributed by atoms with Crippen LogP contribution in [0.25, 0.3) is 0 Å². The predicted molar refractivity (Wildman–Crippen MR) is 43.2 cm³/mol. The zero-order chi connectivity index (χ0) is 8.27. The number of rotatable bonds is 2. The number of aromatic amines is 1. The summed E-state index contributed by atoms with van der Waals surface area (Å²) in [6.07, 6.45) is 1.57. The topological polar surface area (TPSA) is 54.1 Å². The monoisotopic (exact) mass is 154 g/mol. The molecular weight excluding hydrogens is 144 g/mol. The standard InChI is InChI=1S/C7H10N2O2/c1-8-5-4-9-7(10)3-6(5)11-2/h3-4,8H,1-2H3,(H,9,10). The van der Waals surface area contributed by atoms with Crippen molar-refractivity contribution in [3.05, 3.63) is 22.6 Å². The summed E-state index contributed by atoms with van der Waals surface area (Å²) in [5, 5.41) is 2.88. The van der Waals surface area contributed by atoms with Crippen LogP contribution in [0.15, 0.2) is 17.1 Å². The number of aromatic nitrogens is 1. The zero-order valence-electron chi connectivity index (χ0n) is 6.47. The molecule has 60 valence electrons. The molecule has 1 rings (SSSR count). The number of hydrogen-bond acceptors (Lipinski definition) is 3. The summed E-state index contributed by atoms with van der Waals surface area (Å²) in [7, 11) is 3.28. The van der Waals surface area contributed by atoms with Crippen LogP contribution in [0.1, 0.15) is 0 Å². The molecule has 0 spiro atoms. The van der Waals surface area contributed by atoms with Gasteiger partial charge in [0.25, 0.3) is 5.56 Å². The summed E-state index contributed by atoms with van der Waals surface area (Å²) in [5.74, 6) is 0.552. The first-order chi connectivity index (χ1) is 5.27. The molecule has 0 saturated heterocycles. The third-order valence-electron chi connectivity index (χ3n) is 1.38. The van der Waals surface area contributed by atoms with Gasteiger partial charge in [0.1, 0.15) is 5.75 Å². The Labute approximate surface area is 64.2 Å². The second kappa shape index (κ2) is 3.09. The van der Waals surface area contributed by atoms with E-state index in [1.165, 1.54) is 13.2 Å². The van der Waals surface area contributed by atoms with Crippen molar-refractivity contribution in [3.8, 4) is 5.75 Å². The average molecular weight is 154 g/mol. The molecule has 0 aliphatic rings. The molecule has 4 heteroatoms. The van der Waals surface area contributed by atoms with Crippen LogP contribution >= 0.6 is 0 Å². The number of anilines is 1. The maximum absolute atomic E-state index is 10.8. The van der Waals surface area contributed by atoms with Gasteiger partial charge in [-0.1, -0.05) is 0 Å². The maximum atomic E-state index is 10.8. The van der Waals surface area contributed by atoms with E-state index in [1.54, 1.807) is 13.2 Å². The van der Waals surface area contributed by atoms with Gasteiger partial charge in [0, 0.05) is 19.3 Å². The van der Waals surface area contributed by atoms with Crippen LogP contribution in [0.4, 0.5) is 5.69 Å². The Morgan fingerprint density at radius 2 is 2.36 bits per heavy atom. The van der Waals surface area contributed by atoms with Gasteiger partial charge in [-0.25, -0.2) is 0 Å². The molecule has 1 aromatic heterocycles. The van der Waals surface area contributed by atoms with Crippen LogP contribution in [0, 0.1) is 0 Å². The van der Waals surface area contributed by atoms with Crippen LogP contribution in [-0.2, 0) is 0 Å². The lowest BCUT2D eigenvalue weighted by Crippen LogP contribution is -2.06. The number of methoxy groups -OCH3 is 1. The highest BCUT2D eigenvalue weighted by atomic mass is 16.5. The molecule has 0 aliphatic heterocycles. The first kappa shape index (κ1) is 7.65. The quantitative estimate of drug-likeness (QED) is 0.649. The Morgan fingerprint density at radius 3 is 2.91 bits per heavy atom. The van der Waals surface area contributed by atoms with Crippen molar-refractivity contribution in [3.63, 3.8) is 0 Å². The van der Waals surface area contributed by atoms with Gasteiger partial charge >= 0.3 is 0 Å². The fourth-order valence-corrected chi connectivity index (χ4v) is 0.817. The minimum Gasteiger partial charge on any atom is -0.494 e. The minimum absolute atomic E-state index is 0.166. The minimum atomic E-state index is -0.166. The molecule has 4 nitrogen and oxygen atoms in total. The Bertz CT molecular complexity index is 293. The van der Waals surface area contributed by atoms with Gasteiger partial charge in [0.05, 0.1) is 12.8 Å². The highest BCUT2D eigenvalue weighted by Crippen LogP contribution is 2.18. The molecule has 0 fully saturated rings. The molecular formula is C7H10N2O2. The van der Waals surface area contributed by atoms with E-state index in [9.17, 15) is 4.79 Å². The predicted octanol–water partition coefficient (Wildman–Crippen LogP) is 0.425. The van der Waals surface area contributed by atoms with E-state index in [0.717, 1.165) is 5.69 Å². The lowest BCUT2D eigenvalue weighted by molar-refractivity contribution is 0.415. The molecule has 11 heavy (non-hydrogen) atoms. The second-order valence-corrected chi connectivity index (χ2v) is 2.03. The van der Waals surface area contributed by atoms with Gasteiger partial charge in [0.15, 0.2) is 0 Å². The summed E-state index contributed by atoms with van der Waals surface area (Å²) < 4.78 is 4.93. The van der Waals surface area contributed by atoms with Crippen molar-refractivity contribution in [2.24, 2.45) is 0 Å². The third-order valence-corrected chi connectivity index (χ3v) is 1.38. The highest BCUT2D eigenvalue weighted by Gasteiger charge is 1.99. The number of H-pyrrole nitrogens is 1. The molecule has 1 heterocycles. The van der Waals surface area contributed by atoms with E-state index in [0.29, 0.717) is 5.75 Å². The molecule has 0 amide bonds. The molecule has 0 atom stereocenters. The molecule has 0 saturated carbocycles. The van der Waals surface area contributed by atoms with E-state index in [1.807, 2.05) is 0 Å². The lowest BCUT2D eigenvalue weighted by Gasteiger charge is -2.04. The van der Waals surface area contributed by atoms with E-state index < -0.39 is 0 Å². The van der Waals surface area contributed by atoms with Gasteiger partial charge in [-0.3, -0.25) is 4.79 Å². The van der Waals surface area contributed by atoms with Crippen LogP contribution in [0.5, 0.6) is 5.75 Å². The van der Waals surface area contributed by atoms with Crippen molar-refractivity contribution in [1.29, 1.82) is 0 Å². The molecule has 0 bridgehead atoms. The van der Waals surface area contributed by atoms with Crippen molar-refractivity contribution >= 4 is 5.69 Å². The van der Waals surface area contributed by atoms with E-state index in [-0.39, 0.29) is 5.56 Å². The second-order valence-electron chi connectivity index (χ2n) is 2.03.